The van der Waals surface area contributed by atoms with Crippen LogP contribution in [-0.4, -0.2) is 19.8 Å². The van der Waals surface area contributed by atoms with E-state index in [1.165, 1.54) is 4.63 Å². The molecule has 6 heteroatoms. The third-order valence-corrected chi connectivity index (χ3v) is 1.47. The first-order valence-electron chi connectivity index (χ1n) is 3.15. The highest BCUT2D eigenvalue weighted by atomic mass is 15.5. The van der Waals surface area contributed by atoms with Crippen molar-refractivity contribution < 1.29 is 0 Å². The van der Waals surface area contributed by atoms with E-state index in [4.69, 9.17) is 11.5 Å². The summed E-state index contributed by atoms with van der Waals surface area (Å²) in [4.78, 5) is 4.05. The standard InChI is InChI=1S/C5H8N6/c1-2-8-5-3(6)4(7)10-11(5)9-2/h10H,6-7H2,1H3. The number of H-pyrrole nitrogens is 1. The Morgan fingerprint density at radius 2 is 2.18 bits per heavy atom. The average molecular weight is 152 g/mol. The normalized spacial score (nSPS) is 11.0. The number of aryl methyl sites for hydroxylation is 1. The molecule has 6 nitrogen and oxygen atoms in total. The van der Waals surface area contributed by atoms with Crippen LogP contribution in [-0.2, 0) is 0 Å². The van der Waals surface area contributed by atoms with E-state index in [9.17, 15) is 0 Å². The Balaban J connectivity index is 2.88. The summed E-state index contributed by atoms with van der Waals surface area (Å²) in [5.74, 6) is 1.07. The molecular weight excluding hydrogens is 144 g/mol. The summed E-state index contributed by atoms with van der Waals surface area (Å²) in [6.07, 6.45) is 0. The van der Waals surface area contributed by atoms with E-state index < -0.39 is 0 Å². The molecule has 0 amide bonds. The largest absolute Gasteiger partial charge is 0.393 e. The van der Waals surface area contributed by atoms with Crippen LogP contribution in [0.4, 0.5) is 11.5 Å². The molecule has 0 atom stereocenters. The smallest absolute Gasteiger partial charge is 0.200 e. The molecule has 0 saturated carbocycles. The number of nitrogen functional groups attached to an aromatic ring is 2. The number of rotatable bonds is 0. The van der Waals surface area contributed by atoms with E-state index in [1.54, 1.807) is 6.92 Å². The second-order valence-corrected chi connectivity index (χ2v) is 2.33. The molecule has 5 N–H and O–H groups in total. The zero-order valence-electron chi connectivity index (χ0n) is 6.00. The van der Waals surface area contributed by atoms with Gasteiger partial charge in [0.2, 0.25) is 5.65 Å². The first kappa shape index (κ1) is 6.02. The van der Waals surface area contributed by atoms with Gasteiger partial charge in [0.25, 0.3) is 0 Å². The Morgan fingerprint density at radius 3 is 2.82 bits per heavy atom. The van der Waals surface area contributed by atoms with Crippen molar-refractivity contribution >= 4 is 17.2 Å². The molecule has 0 bridgehead atoms. The zero-order valence-corrected chi connectivity index (χ0v) is 6.00. The molecule has 2 aromatic heterocycles. The van der Waals surface area contributed by atoms with Gasteiger partial charge in [0.1, 0.15) is 17.3 Å². The molecule has 0 aliphatic heterocycles. The van der Waals surface area contributed by atoms with Crippen LogP contribution in [0.15, 0.2) is 0 Å². The molecule has 2 aromatic rings. The Kier molecular flexibility index (Phi) is 0.906. The molecule has 0 aliphatic rings. The summed E-state index contributed by atoms with van der Waals surface area (Å²) < 4.78 is 1.46. The van der Waals surface area contributed by atoms with E-state index in [1.807, 2.05) is 0 Å². The summed E-state index contributed by atoms with van der Waals surface area (Å²) in [5, 5.41) is 6.73. The molecule has 58 valence electrons. The lowest BCUT2D eigenvalue weighted by Gasteiger charge is -1.84. The number of fused-ring (bicyclic) bond motifs is 1. The van der Waals surface area contributed by atoms with Gasteiger partial charge in [-0.05, 0) is 6.92 Å². The van der Waals surface area contributed by atoms with Crippen LogP contribution in [0.25, 0.3) is 5.65 Å². The minimum Gasteiger partial charge on any atom is -0.393 e. The molecule has 0 saturated heterocycles. The topological polar surface area (TPSA) is 98.0 Å². The first-order valence-corrected chi connectivity index (χ1v) is 3.15. The van der Waals surface area contributed by atoms with Crippen molar-refractivity contribution in [3.8, 4) is 0 Å². The highest BCUT2D eigenvalue weighted by Gasteiger charge is 2.08. The van der Waals surface area contributed by atoms with Gasteiger partial charge in [0, 0.05) is 0 Å². The van der Waals surface area contributed by atoms with E-state index >= 15 is 0 Å². The highest BCUT2D eigenvalue weighted by molar-refractivity contribution is 5.75. The number of aromatic amines is 1. The van der Waals surface area contributed by atoms with Gasteiger partial charge in [-0.2, -0.15) is 4.63 Å². The predicted octanol–water partition coefficient (Wildman–Crippen LogP) is -0.470. The fraction of sp³-hybridized carbons (Fsp3) is 0.200. The molecule has 0 fully saturated rings. The van der Waals surface area contributed by atoms with Crippen LogP contribution in [0.5, 0.6) is 0 Å². The van der Waals surface area contributed by atoms with E-state index in [-0.39, 0.29) is 0 Å². The quantitative estimate of drug-likeness (QED) is 0.475. The lowest BCUT2D eigenvalue weighted by Crippen LogP contribution is -1.93. The molecular formula is C5H8N6. The van der Waals surface area contributed by atoms with E-state index in [0.717, 1.165) is 0 Å². The molecule has 0 aliphatic carbocycles. The monoisotopic (exact) mass is 152 g/mol. The fourth-order valence-corrected chi connectivity index (χ4v) is 0.962. The maximum atomic E-state index is 5.57. The Bertz CT molecular complexity index is 396. The van der Waals surface area contributed by atoms with Crippen LogP contribution in [0, 0.1) is 6.92 Å². The van der Waals surface area contributed by atoms with Gasteiger partial charge >= 0.3 is 0 Å². The molecule has 0 aromatic carbocycles. The molecule has 11 heavy (non-hydrogen) atoms. The van der Waals surface area contributed by atoms with Gasteiger partial charge < -0.3 is 11.5 Å². The number of nitrogens with zero attached hydrogens (tertiary/aromatic N) is 3. The van der Waals surface area contributed by atoms with Gasteiger partial charge in [-0.15, -0.1) is 5.10 Å². The molecule has 2 rings (SSSR count). The molecule has 0 radical (unpaired) electrons. The Labute approximate surface area is 62.2 Å². The average Bonchev–Trinajstić information content (AvgIpc) is 2.37. The van der Waals surface area contributed by atoms with Crippen molar-refractivity contribution in [2.75, 3.05) is 11.5 Å². The number of hydrogen-bond donors (Lipinski definition) is 3. The number of nitrogens with two attached hydrogens (primary N) is 2. The second kappa shape index (κ2) is 1.66. The van der Waals surface area contributed by atoms with Gasteiger partial charge in [-0.3, -0.25) is 5.10 Å². The lowest BCUT2D eigenvalue weighted by molar-refractivity contribution is 0.811. The van der Waals surface area contributed by atoms with E-state index in [2.05, 4.69) is 15.2 Å². The minimum absolute atomic E-state index is 0.403. The van der Waals surface area contributed by atoms with Crippen molar-refractivity contribution in [1.29, 1.82) is 0 Å². The number of anilines is 2. The van der Waals surface area contributed by atoms with Crippen molar-refractivity contribution in [1.82, 2.24) is 19.8 Å². The summed E-state index contributed by atoms with van der Waals surface area (Å²) >= 11 is 0. The zero-order chi connectivity index (χ0) is 8.01. The summed E-state index contributed by atoms with van der Waals surface area (Å²) in [6, 6.07) is 0. The number of nitrogens with one attached hydrogen (secondary N) is 1. The molecule has 0 unspecified atom stereocenters. The van der Waals surface area contributed by atoms with Gasteiger partial charge in [-0.1, -0.05) is 0 Å². The Morgan fingerprint density at radius 1 is 1.45 bits per heavy atom. The number of aromatic nitrogens is 4. The minimum atomic E-state index is 0.403. The third kappa shape index (κ3) is 0.658. The number of hydrogen-bond acceptors (Lipinski definition) is 4. The van der Waals surface area contributed by atoms with Crippen LogP contribution < -0.4 is 11.5 Å². The molecule has 2 heterocycles. The van der Waals surface area contributed by atoms with Crippen LogP contribution >= 0.6 is 0 Å². The summed E-state index contributed by atoms with van der Waals surface area (Å²) in [6.45, 7) is 1.79. The van der Waals surface area contributed by atoms with Crippen molar-refractivity contribution in [3.63, 3.8) is 0 Å². The van der Waals surface area contributed by atoms with Gasteiger partial charge in [-0.25, -0.2) is 4.98 Å². The van der Waals surface area contributed by atoms with Crippen LogP contribution in [0.1, 0.15) is 5.82 Å². The fourth-order valence-electron chi connectivity index (χ4n) is 0.962. The Hall–Kier alpha value is -1.72. The van der Waals surface area contributed by atoms with Crippen molar-refractivity contribution in [2.24, 2.45) is 0 Å². The van der Waals surface area contributed by atoms with Crippen molar-refractivity contribution in [3.05, 3.63) is 5.82 Å². The second-order valence-electron chi connectivity index (χ2n) is 2.33. The maximum Gasteiger partial charge on any atom is 0.200 e. The summed E-state index contributed by atoms with van der Waals surface area (Å²) in [7, 11) is 0. The third-order valence-electron chi connectivity index (χ3n) is 1.47. The maximum absolute atomic E-state index is 5.57. The van der Waals surface area contributed by atoms with Gasteiger partial charge in [0.15, 0.2) is 0 Å². The van der Waals surface area contributed by atoms with Crippen LogP contribution in [0.2, 0.25) is 0 Å². The summed E-state index contributed by atoms with van der Waals surface area (Å²) in [5.41, 5.74) is 12.1. The van der Waals surface area contributed by atoms with Crippen LogP contribution in [0.3, 0.4) is 0 Å². The SMILES string of the molecule is Cc1nc2c(N)c(N)[nH]n2n1. The predicted molar refractivity (Wildman–Crippen MR) is 40.9 cm³/mol. The molecule has 0 spiro atoms. The van der Waals surface area contributed by atoms with E-state index in [0.29, 0.717) is 23.0 Å². The van der Waals surface area contributed by atoms with Crippen molar-refractivity contribution in [2.45, 2.75) is 6.92 Å². The first-order chi connectivity index (χ1) is 5.18. The van der Waals surface area contributed by atoms with Gasteiger partial charge in [0.05, 0.1) is 0 Å². The lowest BCUT2D eigenvalue weighted by atomic mass is 10.5. The highest BCUT2D eigenvalue weighted by Crippen LogP contribution is 2.17.